The van der Waals surface area contributed by atoms with Crippen molar-refractivity contribution >= 4 is 14.3 Å². The molecule has 0 heterocycles. The van der Waals surface area contributed by atoms with E-state index in [4.69, 9.17) is 4.43 Å². The van der Waals surface area contributed by atoms with Crippen LogP contribution in [-0.2, 0) is 14.0 Å². The molecule has 0 fully saturated rings. The van der Waals surface area contributed by atoms with Gasteiger partial charge in [0.25, 0.3) is 0 Å². The van der Waals surface area contributed by atoms with Crippen LogP contribution in [0.1, 0.15) is 27.2 Å². The van der Waals surface area contributed by atoms with E-state index in [-0.39, 0.29) is 17.1 Å². The average Bonchev–Trinajstić information content (AvgIpc) is 2.25. The van der Waals surface area contributed by atoms with Crippen molar-refractivity contribution in [2.24, 2.45) is 0 Å². The van der Waals surface area contributed by atoms with E-state index < -0.39 is 8.32 Å². The third-order valence-electron chi connectivity index (χ3n) is 3.34. The summed E-state index contributed by atoms with van der Waals surface area (Å²) in [6.07, 6.45) is 5.58. The molecule has 0 radical (unpaired) electrons. The first-order valence-corrected chi connectivity index (χ1v) is 9.09. The molecule has 0 bridgehead atoms. The largest absolute Gasteiger partial charge is 0.466 e. The van der Waals surface area contributed by atoms with Crippen LogP contribution >= 0.6 is 0 Å². The second-order valence-electron chi connectivity index (χ2n) is 5.81. The molecule has 3 nitrogen and oxygen atoms in total. The number of rotatable bonds is 6. The van der Waals surface area contributed by atoms with Crippen molar-refractivity contribution < 1.29 is 14.0 Å². The van der Waals surface area contributed by atoms with Gasteiger partial charge in [-0.2, -0.15) is 0 Å². The lowest BCUT2D eigenvalue weighted by Crippen LogP contribution is -2.43. The van der Waals surface area contributed by atoms with Gasteiger partial charge in [-0.05, 0) is 24.6 Å². The lowest BCUT2D eigenvalue weighted by atomic mass is 10.2. The summed E-state index contributed by atoms with van der Waals surface area (Å²) >= 11 is 0. The van der Waals surface area contributed by atoms with Crippen molar-refractivity contribution in [2.45, 2.75) is 51.4 Å². The van der Waals surface area contributed by atoms with Crippen LogP contribution in [-0.4, -0.2) is 27.5 Å². The van der Waals surface area contributed by atoms with Crippen LogP contribution < -0.4 is 0 Å². The molecule has 0 aromatic carbocycles. The molecule has 104 valence electrons. The lowest BCUT2D eigenvalue weighted by molar-refractivity contribution is -0.134. The monoisotopic (exact) mass is 270 g/mol. The summed E-state index contributed by atoms with van der Waals surface area (Å²) in [5, 5.41) is 0.167. The van der Waals surface area contributed by atoms with Crippen molar-refractivity contribution in [3.8, 4) is 0 Å². The fourth-order valence-electron chi connectivity index (χ4n) is 1.11. The van der Waals surface area contributed by atoms with Gasteiger partial charge >= 0.3 is 5.97 Å². The fraction of sp³-hybridized carbons (Fsp3) is 0.643. The number of ether oxygens (including phenoxy) is 1. The molecule has 0 aliphatic rings. The molecular weight excluding hydrogens is 244 g/mol. The molecule has 0 saturated carbocycles. The first-order valence-electron chi connectivity index (χ1n) is 6.19. The van der Waals surface area contributed by atoms with Crippen molar-refractivity contribution in [3.63, 3.8) is 0 Å². The molecule has 0 spiro atoms. The quantitative estimate of drug-likeness (QED) is 0.320. The number of methoxy groups -OCH3 is 1. The molecule has 0 aliphatic carbocycles. The zero-order chi connectivity index (χ0) is 14.4. The molecule has 18 heavy (non-hydrogen) atoms. The highest BCUT2D eigenvalue weighted by atomic mass is 28.4. The summed E-state index contributed by atoms with van der Waals surface area (Å²) in [5.41, 5.74) is 0. The van der Waals surface area contributed by atoms with E-state index in [0.29, 0.717) is 6.42 Å². The SMILES string of the molecule is C=C[C@@H](C/C=C\C(=O)OC)O[Si](C)(C)C(C)(C)C. The normalized spacial score (nSPS) is 14.6. The number of esters is 1. The lowest BCUT2D eigenvalue weighted by Gasteiger charge is -2.38. The zero-order valence-corrected chi connectivity index (χ0v) is 13.4. The Labute approximate surface area is 112 Å². The van der Waals surface area contributed by atoms with Crippen LogP contribution in [0.25, 0.3) is 0 Å². The van der Waals surface area contributed by atoms with E-state index in [1.54, 1.807) is 12.2 Å². The van der Waals surface area contributed by atoms with Gasteiger partial charge in [-0.3, -0.25) is 0 Å². The second kappa shape index (κ2) is 6.90. The fourth-order valence-corrected chi connectivity index (χ4v) is 2.42. The minimum Gasteiger partial charge on any atom is -0.466 e. The number of carbonyl (C=O) groups is 1. The molecule has 0 aromatic rings. The third kappa shape index (κ3) is 5.64. The van der Waals surface area contributed by atoms with Crippen LogP contribution in [0.15, 0.2) is 24.8 Å². The standard InChI is InChI=1S/C14H26O3Si/c1-8-12(10-9-11-13(15)16-5)17-18(6,7)14(2,3)4/h8-9,11-12H,1,10H2,2-7H3/b11-9-/t12-/m0/s1. The zero-order valence-electron chi connectivity index (χ0n) is 12.4. The number of hydrogen-bond acceptors (Lipinski definition) is 3. The van der Waals surface area contributed by atoms with E-state index in [9.17, 15) is 4.79 Å². The molecule has 1 atom stereocenters. The Bertz CT molecular complexity index is 313. The predicted octanol–water partition coefficient (Wildman–Crippen LogP) is 3.68. The van der Waals surface area contributed by atoms with E-state index in [1.165, 1.54) is 13.2 Å². The van der Waals surface area contributed by atoms with Crippen LogP contribution in [0.5, 0.6) is 0 Å². The molecule has 0 saturated heterocycles. The Kier molecular flexibility index (Phi) is 6.56. The van der Waals surface area contributed by atoms with Crippen molar-refractivity contribution in [3.05, 3.63) is 24.8 Å². The van der Waals surface area contributed by atoms with Gasteiger partial charge in [0.1, 0.15) is 0 Å². The third-order valence-corrected chi connectivity index (χ3v) is 7.84. The summed E-state index contributed by atoms with van der Waals surface area (Å²) in [6.45, 7) is 14.8. The molecule has 4 heteroatoms. The minimum atomic E-state index is -1.80. The van der Waals surface area contributed by atoms with Crippen LogP contribution in [0.2, 0.25) is 18.1 Å². The summed E-state index contributed by atoms with van der Waals surface area (Å²) in [6, 6.07) is 0. The smallest absolute Gasteiger partial charge is 0.330 e. The van der Waals surface area contributed by atoms with Gasteiger partial charge in [-0.25, -0.2) is 4.79 Å². The van der Waals surface area contributed by atoms with Gasteiger partial charge in [-0.15, -0.1) is 6.58 Å². The highest BCUT2D eigenvalue weighted by Crippen LogP contribution is 2.37. The van der Waals surface area contributed by atoms with Gasteiger partial charge in [-0.1, -0.05) is 32.9 Å². The van der Waals surface area contributed by atoms with E-state index in [0.717, 1.165) is 0 Å². The number of carbonyl (C=O) groups excluding carboxylic acids is 1. The van der Waals surface area contributed by atoms with E-state index in [1.807, 2.05) is 0 Å². The maximum Gasteiger partial charge on any atom is 0.330 e. The predicted molar refractivity (Wildman–Crippen MR) is 78.0 cm³/mol. The topological polar surface area (TPSA) is 35.5 Å². The van der Waals surface area contributed by atoms with Gasteiger partial charge < -0.3 is 9.16 Å². The minimum absolute atomic E-state index is 0.0493. The molecular formula is C14H26O3Si. The molecule has 0 aliphatic heterocycles. The highest BCUT2D eigenvalue weighted by Gasteiger charge is 2.38. The summed E-state index contributed by atoms with van der Waals surface area (Å²) in [7, 11) is -0.431. The average molecular weight is 270 g/mol. The van der Waals surface area contributed by atoms with Crippen LogP contribution in [0.4, 0.5) is 0 Å². The Hall–Kier alpha value is -0.873. The Balaban J connectivity index is 4.50. The van der Waals surface area contributed by atoms with Gasteiger partial charge in [0.2, 0.25) is 0 Å². The summed E-state index contributed by atoms with van der Waals surface area (Å²) in [4.78, 5) is 11.0. The van der Waals surface area contributed by atoms with Gasteiger partial charge in [0.15, 0.2) is 8.32 Å². The van der Waals surface area contributed by atoms with Crippen molar-refractivity contribution in [2.75, 3.05) is 7.11 Å². The van der Waals surface area contributed by atoms with Crippen molar-refractivity contribution in [1.82, 2.24) is 0 Å². The second-order valence-corrected chi connectivity index (χ2v) is 10.6. The maximum atomic E-state index is 11.0. The molecule has 0 aromatic heterocycles. The summed E-state index contributed by atoms with van der Waals surface area (Å²) < 4.78 is 10.7. The Morgan fingerprint density at radius 2 is 1.94 bits per heavy atom. The highest BCUT2D eigenvalue weighted by molar-refractivity contribution is 6.74. The first kappa shape index (κ1) is 17.1. The molecule has 0 unspecified atom stereocenters. The van der Waals surface area contributed by atoms with Crippen molar-refractivity contribution in [1.29, 1.82) is 0 Å². The van der Waals surface area contributed by atoms with Crippen LogP contribution in [0.3, 0.4) is 0 Å². The van der Waals surface area contributed by atoms with E-state index >= 15 is 0 Å². The molecule has 0 rings (SSSR count). The van der Waals surface area contributed by atoms with Gasteiger partial charge in [0.05, 0.1) is 13.2 Å². The number of hydrogen-bond donors (Lipinski definition) is 0. The first-order chi connectivity index (χ1) is 8.14. The van der Waals surface area contributed by atoms with Gasteiger partial charge in [0, 0.05) is 6.08 Å². The molecule has 0 N–H and O–H groups in total. The van der Waals surface area contributed by atoms with E-state index in [2.05, 4.69) is 45.2 Å². The van der Waals surface area contributed by atoms with Crippen LogP contribution in [0, 0.1) is 0 Å². The maximum absolute atomic E-state index is 11.0. The summed E-state index contributed by atoms with van der Waals surface area (Å²) in [5.74, 6) is -0.342. The molecule has 0 amide bonds. The Morgan fingerprint density at radius 1 is 1.39 bits per heavy atom. The Morgan fingerprint density at radius 3 is 2.33 bits per heavy atom.